The molecule has 2 bridgehead atoms. The number of nitrogens with zero attached hydrogens (tertiary/aromatic N) is 1. The second-order valence-electron chi connectivity index (χ2n) is 7.40. The molecule has 0 aromatic heterocycles. The lowest BCUT2D eigenvalue weighted by Crippen LogP contribution is -2.46. The predicted molar refractivity (Wildman–Crippen MR) is 93.9 cm³/mol. The van der Waals surface area contributed by atoms with E-state index in [9.17, 15) is 13.2 Å². The number of alkyl halides is 3. The van der Waals surface area contributed by atoms with E-state index in [4.69, 9.17) is 0 Å². The molecule has 0 saturated carbocycles. The van der Waals surface area contributed by atoms with Gasteiger partial charge in [-0.25, -0.2) is 0 Å². The van der Waals surface area contributed by atoms with Crippen LogP contribution in [-0.2, 0) is 19.4 Å². The van der Waals surface area contributed by atoms with Gasteiger partial charge in [-0.15, -0.1) is 13.2 Å². The lowest BCUT2D eigenvalue weighted by atomic mass is 9.80. The van der Waals surface area contributed by atoms with Crippen LogP contribution in [0.5, 0.6) is 5.75 Å². The van der Waals surface area contributed by atoms with E-state index >= 15 is 0 Å². The monoisotopic (exact) mass is 361 g/mol. The molecule has 3 aliphatic rings. The molecule has 2 heterocycles. The highest BCUT2D eigenvalue weighted by Crippen LogP contribution is 2.33. The van der Waals surface area contributed by atoms with E-state index < -0.39 is 6.36 Å². The predicted octanol–water partition coefficient (Wildman–Crippen LogP) is 4.96. The standard InChI is InChI=1S/C21H22F3NO/c22-21(23,24)26-20-9-6-15(7-10-20)13-25-14-16-5-8-19(25)12-18-4-2-1-3-17(18)11-16/h1-4,6-7,9-10,16,19H,5,8,11-14H2/t16-,19-/m1/s1. The van der Waals surface area contributed by atoms with Crippen molar-refractivity contribution in [1.29, 1.82) is 0 Å². The first-order valence-electron chi connectivity index (χ1n) is 9.12. The van der Waals surface area contributed by atoms with E-state index in [1.807, 2.05) is 0 Å². The van der Waals surface area contributed by atoms with Gasteiger partial charge in [0.25, 0.3) is 0 Å². The Morgan fingerprint density at radius 1 is 0.923 bits per heavy atom. The Hall–Kier alpha value is -2.01. The minimum atomic E-state index is -4.64. The van der Waals surface area contributed by atoms with Gasteiger partial charge in [0.1, 0.15) is 5.75 Å². The summed E-state index contributed by atoms with van der Waals surface area (Å²) in [6.45, 7) is 1.83. The fraction of sp³-hybridized carbons (Fsp3) is 0.429. The Bertz CT molecular complexity index is 757. The van der Waals surface area contributed by atoms with Crippen LogP contribution in [0, 0.1) is 5.92 Å². The molecule has 1 saturated heterocycles. The van der Waals surface area contributed by atoms with Crippen molar-refractivity contribution < 1.29 is 17.9 Å². The summed E-state index contributed by atoms with van der Waals surface area (Å²) in [6, 6.07) is 15.5. The van der Waals surface area contributed by atoms with Crippen LogP contribution in [0.4, 0.5) is 13.2 Å². The molecule has 1 aliphatic carbocycles. The number of hydrogen-bond acceptors (Lipinski definition) is 2. The quantitative estimate of drug-likeness (QED) is 0.766. The van der Waals surface area contributed by atoms with Crippen LogP contribution in [0.2, 0.25) is 0 Å². The Labute approximate surface area is 151 Å². The van der Waals surface area contributed by atoms with Crippen molar-refractivity contribution in [3.05, 3.63) is 65.2 Å². The first-order chi connectivity index (χ1) is 12.5. The number of ether oxygens (including phenoxy) is 1. The Morgan fingerprint density at radius 2 is 1.62 bits per heavy atom. The molecule has 0 unspecified atom stereocenters. The highest BCUT2D eigenvalue weighted by Gasteiger charge is 2.32. The van der Waals surface area contributed by atoms with Gasteiger partial charge in [0, 0.05) is 19.1 Å². The van der Waals surface area contributed by atoms with Gasteiger partial charge in [-0.1, -0.05) is 36.4 Å². The maximum atomic E-state index is 12.3. The maximum absolute atomic E-state index is 12.3. The van der Waals surface area contributed by atoms with Gasteiger partial charge < -0.3 is 4.74 Å². The summed E-state index contributed by atoms with van der Waals surface area (Å²) in [5.41, 5.74) is 3.95. The molecule has 2 aliphatic heterocycles. The second-order valence-corrected chi connectivity index (χ2v) is 7.40. The van der Waals surface area contributed by atoms with Gasteiger partial charge in [-0.3, -0.25) is 4.90 Å². The van der Waals surface area contributed by atoms with Crippen molar-refractivity contribution in [3.63, 3.8) is 0 Å². The number of hydrogen-bond donors (Lipinski definition) is 0. The van der Waals surface area contributed by atoms with E-state index in [0.29, 0.717) is 12.0 Å². The van der Waals surface area contributed by atoms with Crippen LogP contribution in [0.1, 0.15) is 29.5 Å². The molecule has 1 fully saturated rings. The molecule has 0 N–H and O–H groups in total. The van der Waals surface area contributed by atoms with Gasteiger partial charge in [-0.2, -0.15) is 0 Å². The summed E-state index contributed by atoms with van der Waals surface area (Å²) >= 11 is 0. The molecule has 0 spiro atoms. The van der Waals surface area contributed by atoms with Gasteiger partial charge in [-0.05, 0) is 60.4 Å². The minimum absolute atomic E-state index is 0.163. The Kier molecular flexibility index (Phi) is 4.65. The van der Waals surface area contributed by atoms with Crippen LogP contribution in [0.3, 0.4) is 0 Å². The molecule has 2 aromatic rings. The van der Waals surface area contributed by atoms with E-state index in [-0.39, 0.29) is 5.75 Å². The van der Waals surface area contributed by atoms with E-state index in [2.05, 4.69) is 33.9 Å². The largest absolute Gasteiger partial charge is 0.573 e. The first-order valence-corrected chi connectivity index (χ1v) is 9.12. The van der Waals surface area contributed by atoms with E-state index in [1.54, 1.807) is 12.1 Å². The fourth-order valence-corrected chi connectivity index (χ4v) is 4.33. The van der Waals surface area contributed by atoms with Gasteiger partial charge in [0.05, 0.1) is 0 Å². The summed E-state index contributed by atoms with van der Waals surface area (Å²) in [5, 5.41) is 0. The van der Waals surface area contributed by atoms with Gasteiger partial charge in [0.15, 0.2) is 0 Å². The van der Waals surface area contributed by atoms with Crippen molar-refractivity contribution in [2.24, 2.45) is 5.92 Å². The molecule has 138 valence electrons. The average molecular weight is 361 g/mol. The highest BCUT2D eigenvalue weighted by atomic mass is 19.4. The fourth-order valence-electron chi connectivity index (χ4n) is 4.33. The number of fused-ring (bicyclic) bond motifs is 2. The highest BCUT2D eigenvalue weighted by molar-refractivity contribution is 5.31. The molecule has 26 heavy (non-hydrogen) atoms. The van der Waals surface area contributed by atoms with Crippen molar-refractivity contribution in [2.75, 3.05) is 6.54 Å². The topological polar surface area (TPSA) is 12.5 Å². The Balaban J connectivity index is 1.47. The summed E-state index contributed by atoms with van der Waals surface area (Å²) in [6.07, 6.45) is -0.0187. The van der Waals surface area contributed by atoms with Crippen molar-refractivity contribution in [1.82, 2.24) is 4.90 Å². The molecule has 2 aromatic carbocycles. The van der Waals surface area contributed by atoms with Crippen LogP contribution in [0.15, 0.2) is 48.5 Å². The summed E-state index contributed by atoms with van der Waals surface area (Å²) in [5.74, 6) is 0.491. The van der Waals surface area contributed by atoms with Crippen molar-refractivity contribution in [3.8, 4) is 5.75 Å². The molecular weight excluding hydrogens is 339 g/mol. The minimum Gasteiger partial charge on any atom is -0.406 e. The third-order valence-electron chi connectivity index (χ3n) is 5.54. The second kappa shape index (κ2) is 6.95. The third-order valence-corrected chi connectivity index (χ3v) is 5.54. The van der Waals surface area contributed by atoms with Crippen LogP contribution in [0.25, 0.3) is 0 Å². The SMILES string of the molecule is FC(F)(F)Oc1ccc(CN2C[C@@H]3CC[C@@H]2Cc2ccccc2C3)cc1. The summed E-state index contributed by atoms with van der Waals surface area (Å²) in [4.78, 5) is 2.50. The van der Waals surface area contributed by atoms with E-state index in [0.717, 1.165) is 31.5 Å². The number of halogens is 3. The normalized spacial score (nSPS) is 23.2. The van der Waals surface area contributed by atoms with Gasteiger partial charge >= 0.3 is 6.36 Å². The zero-order valence-corrected chi connectivity index (χ0v) is 14.5. The lowest BCUT2D eigenvalue weighted by molar-refractivity contribution is -0.274. The van der Waals surface area contributed by atoms with Crippen molar-refractivity contribution >= 4 is 0 Å². The van der Waals surface area contributed by atoms with Gasteiger partial charge in [0.2, 0.25) is 0 Å². The number of rotatable bonds is 3. The molecule has 2 nitrogen and oxygen atoms in total. The first kappa shape index (κ1) is 17.4. The molecule has 0 amide bonds. The number of benzene rings is 2. The molecule has 5 heteroatoms. The number of piperidine rings is 1. The maximum Gasteiger partial charge on any atom is 0.573 e. The molecule has 0 radical (unpaired) electrons. The average Bonchev–Trinajstić information content (AvgIpc) is 2.56. The lowest BCUT2D eigenvalue weighted by Gasteiger charge is -2.42. The summed E-state index contributed by atoms with van der Waals surface area (Å²) in [7, 11) is 0. The summed E-state index contributed by atoms with van der Waals surface area (Å²) < 4.78 is 40.8. The zero-order valence-electron chi connectivity index (χ0n) is 14.5. The third kappa shape index (κ3) is 4.04. The van der Waals surface area contributed by atoms with Crippen LogP contribution >= 0.6 is 0 Å². The Morgan fingerprint density at radius 3 is 2.31 bits per heavy atom. The van der Waals surface area contributed by atoms with Crippen LogP contribution in [-0.4, -0.2) is 23.8 Å². The van der Waals surface area contributed by atoms with Crippen LogP contribution < -0.4 is 4.74 Å². The zero-order chi connectivity index (χ0) is 18.1. The van der Waals surface area contributed by atoms with Crippen molar-refractivity contribution in [2.45, 2.75) is 44.6 Å². The molecular formula is C21H22F3NO. The van der Waals surface area contributed by atoms with E-state index in [1.165, 1.54) is 36.1 Å². The smallest absolute Gasteiger partial charge is 0.406 e. The molecule has 5 rings (SSSR count). The molecule has 2 atom stereocenters.